The minimum Gasteiger partial charge on any atom is -0.546 e. The monoisotopic (exact) mass is 389 g/mol. The second-order valence-corrected chi connectivity index (χ2v) is 10.2. The van der Waals surface area contributed by atoms with Crippen LogP contribution < -0.4 is 9.84 Å². The molecule has 3 aliphatic carbocycles. The second-order valence-electron chi connectivity index (χ2n) is 10.2. The standard InChI is InChI=1S/C26H30O3/c1-24(2)20-13-14-25(24,3)22(21(23(27)28)29-19-11-5-4-6-12-19)26(20)15-17-9-7-8-10-18(17)16-26/h4-12,20-22H,13-16H2,1-3H3,(H,27,28)/p-1. The van der Waals surface area contributed by atoms with Crippen LogP contribution in [0.2, 0.25) is 0 Å². The Kier molecular flexibility index (Phi) is 3.94. The number of carbonyl (C=O) groups excluding carboxylic acids is 1. The quantitative estimate of drug-likeness (QED) is 0.793. The smallest absolute Gasteiger partial charge is 0.142 e. The zero-order valence-corrected chi connectivity index (χ0v) is 17.5. The minimum atomic E-state index is -1.08. The summed E-state index contributed by atoms with van der Waals surface area (Å²) in [5, 5.41) is 12.5. The van der Waals surface area contributed by atoms with Crippen LogP contribution in [0.4, 0.5) is 0 Å². The number of hydrogen-bond donors (Lipinski definition) is 0. The molecule has 4 unspecified atom stereocenters. The highest BCUT2D eigenvalue weighted by molar-refractivity contribution is 5.72. The zero-order valence-electron chi connectivity index (χ0n) is 17.5. The summed E-state index contributed by atoms with van der Waals surface area (Å²) in [7, 11) is 0. The lowest BCUT2D eigenvalue weighted by molar-refractivity contribution is -0.319. The van der Waals surface area contributed by atoms with Gasteiger partial charge in [0.15, 0.2) is 0 Å². The highest BCUT2D eigenvalue weighted by Crippen LogP contribution is 2.78. The summed E-state index contributed by atoms with van der Waals surface area (Å²) >= 11 is 0. The first kappa shape index (κ1) is 18.7. The molecule has 3 nitrogen and oxygen atoms in total. The van der Waals surface area contributed by atoms with Crippen LogP contribution >= 0.6 is 0 Å². The number of aliphatic carboxylic acids is 1. The van der Waals surface area contributed by atoms with Gasteiger partial charge in [-0.15, -0.1) is 0 Å². The molecule has 2 aromatic carbocycles. The first-order chi connectivity index (χ1) is 13.8. The van der Waals surface area contributed by atoms with Gasteiger partial charge in [0.25, 0.3) is 0 Å². The van der Waals surface area contributed by atoms with Gasteiger partial charge < -0.3 is 14.6 Å². The predicted molar refractivity (Wildman–Crippen MR) is 110 cm³/mol. The van der Waals surface area contributed by atoms with Crippen molar-refractivity contribution in [1.82, 2.24) is 0 Å². The molecule has 2 bridgehead atoms. The molecule has 0 radical (unpaired) electrons. The average molecular weight is 390 g/mol. The summed E-state index contributed by atoms with van der Waals surface area (Å²) in [6.45, 7) is 7.01. The number of fused-ring (bicyclic) bond motifs is 4. The van der Waals surface area contributed by atoms with E-state index in [1.807, 2.05) is 30.3 Å². The lowest BCUT2D eigenvalue weighted by Gasteiger charge is -2.49. The fraction of sp³-hybridized carbons (Fsp3) is 0.500. The maximum atomic E-state index is 12.5. The van der Waals surface area contributed by atoms with Crippen molar-refractivity contribution in [3.8, 4) is 5.75 Å². The van der Waals surface area contributed by atoms with Crippen LogP contribution in [0.15, 0.2) is 54.6 Å². The molecule has 4 atom stereocenters. The van der Waals surface area contributed by atoms with Gasteiger partial charge in [-0.25, -0.2) is 0 Å². The summed E-state index contributed by atoms with van der Waals surface area (Å²) in [5.41, 5.74) is 2.63. The van der Waals surface area contributed by atoms with E-state index in [0.717, 1.165) is 19.3 Å². The van der Waals surface area contributed by atoms with Gasteiger partial charge in [-0.05, 0) is 71.1 Å². The highest BCUT2D eigenvalue weighted by atomic mass is 16.5. The van der Waals surface area contributed by atoms with Crippen molar-refractivity contribution in [2.24, 2.45) is 28.1 Å². The maximum Gasteiger partial charge on any atom is 0.142 e. The lowest BCUT2D eigenvalue weighted by atomic mass is 9.58. The first-order valence-corrected chi connectivity index (χ1v) is 10.8. The van der Waals surface area contributed by atoms with Crippen LogP contribution in [0.1, 0.15) is 44.7 Å². The van der Waals surface area contributed by atoms with Crippen LogP contribution in [-0.2, 0) is 17.6 Å². The predicted octanol–water partition coefficient (Wildman–Crippen LogP) is 4.04. The fourth-order valence-electron chi connectivity index (χ4n) is 7.61. The van der Waals surface area contributed by atoms with Crippen LogP contribution in [0, 0.1) is 28.1 Å². The van der Waals surface area contributed by atoms with E-state index in [1.165, 1.54) is 17.5 Å². The van der Waals surface area contributed by atoms with Gasteiger partial charge >= 0.3 is 0 Å². The Bertz CT molecular complexity index is 922. The van der Waals surface area contributed by atoms with E-state index >= 15 is 0 Å². The molecule has 2 fully saturated rings. The van der Waals surface area contributed by atoms with Crippen molar-refractivity contribution in [3.63, 3.8) is 0 Å². The highest BCUT2D eigenvalue weighted by Gasteiger charge is 2.74. The third kappa shape index (κ3) is 2.39. The third-order valence-corrected chi connectivity index (χ3v) is 8.99. The van der Waals surface area contributed by atoms with Gasteiger partial charge in [0, 0.05) is 5.92 Å². The van der Waals surface area contributed by atoms with Gasteiger partial charge in [-0.3, -0.25) is 0 Å². The van der Waals surface area contributed by atoms with Crippen molar-refractivity contribution in [3.05, 3.63) is 65.7 Å². The molecule has 5 rings (SSSR count). The summed E-state index contributed by atoms with van der Waals surface area (Å²) in [5.74, 6) is -0.0738. The number of hydrogen-bond acceptors (Lipinski definition) is 3. The van der Waals surface area contributed by atoms with Crippen LogP contribution in [0.25, 0.3) is 0 Å². The largest absolute Gasteiger partial charge is 0.546 e. The van der Waals surface area contributed by atoms with Crippen molar-refractivity contribution in [1.29, 1.82) is 0 Å². The van der Waals surface area contributed by atoms with E-state index in [9.17, 15) is 9.90 Å². The first-order valence-electron chi connectivity index (χ1n) is 10.8. The van der Waals surface area contributed by atoms with Gasteiger partial charge in [-0.1, -0.05) is 63.2 Å². The molecule has 0 aromatic heterocycles. The maximum absolute atomic E-state index is 12.5. The number of para-hydroxylation sites is 1. The van der Waals surface area contributed by atoms with Crippen LogP contribution in [-0.4, -0.2) is 12.1 Å². The molecule has 2 saturated carbocycles. The Labute approximate surface area is 173 Å². The van der Waals surface area contributed by atoms with E-state index in [-0.39, 0.29) is 22.2 Å². The minimum absolute atomic E-state index is 0.0630. The number of carboxylic acids is 1. The van der Waals surface area contributed by atoms with Crippen LogP contribution in [0.5, 0.6) is 5.75 Å². The van der Waals surface area contributed by atoms with Gasteiger partial charge in [-0.2, -0.15) is 0 Å². The SMILES string of the molecule is CC1(C)C2CCC1(C)C(C(Oc1ccccc1)C(=O)[O-])C21Cc2ccccc2C1. The summed E-state index contributed by atoms with van der Waals surface area (Å²) < 4.78 is 6.19. The Balaban J connectivity index is 1.63. The Morgan fingerprint density at radius 2 is 1.59 bits per heavy atom. The van der Waals surface area contributed by atoms with Gasteiger partial charge in [0.1, 0.15) is 11.9 Å². The van der Waals surface area contributed by atoms with Crippen LogP contribution in [0.3, 0.4) is 0 Å². The summed E-state index contributed by atoms with van der Waals surface area (Å²) in [6.07, 6.45) is 3.16. The second kappa shape index (κ2) is 6.10. The molecule has 0 heterocycles. The van der Waals surface area contributed by atoms with Crippen molar-refractivity contribution in [2.45, 2.75) is 52.6 Å². The summed E-state index contributed by atoms with van der Waals surface area (Å²) in [4.78, 5) is 12.5. The molecule has 2 aromatic rings. The summed E-state index contributed by atoms with van der Waals surface area (Å²) in [6, 6.07) is 18.0. The molecule has 0 N–H and O–H groups in total. The molecule has 0 aliphatic heterocycles. The molecule has 29 heavy (non-hydrogen) atoms. The zero-order chi connectivity index (χ0) is 20.4. The molecule has 3 heteroatoms. The molecule has 1 spiro atoms. The van der Waals surface area contributed by atoms with E-state index in [4.69, 9.17) is 4.74 Å². The van der Waals surface area contributed by atoms with Gasteiger partial charge in [0.05, 0.1) is 5.97 Å². The number of benzene rings is 2. The Hall–Kier alpha value is -2.29. The van der Waals surface area contributed by atoms with E-state index in [2.05, 4.69) is 45.0 Å². The normalized spacial score (nSPS) is 31.6. The topological polar surface area (TPSA) is 49.4 Å². The lowest BCUT2D eigenvalue weighted by Crippen LogP contribution is -2.55. The molecular formula is C26H29O3-. The Morgan fingerprint density at radius 3 is 2.17 bits per heavy atom. The molecule has 152 valence electrons. The fourth-order valence-corrected chi connectivity index (χ4v) is 7.61. The molecule has 0 saturated heterocycles. The third-order valence-electron chi connectivity index (χ3n) is 8.99. The average Bonchev–Trinajstić information content (AvgIpc) is 3.21. The van der Waals surface area contributed by atoms with Crippen molar-refractivity contribution in [2.75, 3.05) is 0 Å². The molecule has 3 aliphatic rings. The van der Waals surface area contributed by atoms with E-state index in [1.54, 1.807) is 0 Å². The molecule has 0 amide bonds. The van der Waals surface area contributed by atoms with E-state index < -0.39 is 12.1 Å². The number of carboxylic acid groups (broad SMARTS) is 1. The van der Waals surface area contributed by atoms with E-state index in [0.29, 0.717) is 11.7 Å². The number of rotatable bonds is 4. The molecular weight excluding hydrogens is 360 g/mol. The Morgan fingerprint density at radius 1 is 1.00 bits per heavy atom. The van der Waals surface area contributed by atoms with Gasteiger partial charge in [0.2, 0.25) is 0 Å². The van der Waals surface area contributed by atoms with Crippen molar-refractivity contribution >= 4 is 5.97 Å². The number of carbonyl (C=O) groups is 1. The number of ether oxygens (including phenoxy) is 1. The van der Waals surface area contributed by atoms with Crippen molar-refractivity contribution < 1.29 is 14.6 Å².